The Kier molecular flexibility index (Phi) is 4.64. The highest BCUT2D eigenvalue weighted by molar-refractivity contribution is 5.00. The fourth-order valence-electron chi connectivity index (χ4n) is 3.24. The van der Waals surface area contributed by atoms with Crippen LogP contribution < -0.4 is 5.73 Å². The Morgan fingerprint density at radius 2 is 1.89 bits per heavy atom. The third-order valence-corrected chi connectivity index (χ3v) is 4.86. The molecule has 1 aliphatic carbocycles. The first kappa shape index (κ1) is 14.3. The van der Waals surface area contributed by atoms with Crippen LogP contribution in [0, 0.1) is 5.92 Å². The van der Waals surface area contributed by atoms with Crippen LogP contribution in [-0.2, 0) is 0 Å². The predicted octanol–water partition coefficient (Wildman–Crippen LogP) is 0.502. The van der Waals surface area contributed by atoms with E-state index in [4.69, 9.17) is 5.73 Å². The minimum Gasteiger partial charge on any atom is -0.394 e. The van der Waals surface area contributed by atoms with Crippen LogP contribution in [0.3, 0.4) is 0 Å². The first-order chi connectivity index (χ1) is 8.59. The Labute approximate surface area is 111 Å². The summed E-state index contributed by atoms with van der Waals surface area (Å²) in [5, 5.41) is 9.56. The van der Waals surface area contributed by atoms with E-state index in [0.717, 1.165) is 13.1 Å². The Morgan fingerprint density at radius 1 is 1.28 bits per heavy atom. The lowest BCUT2D eigenvalue weighted by atomic mass is 9.93. The second-order valence-electron chi connectivity index (χ2n) is 6.25. The van der Waals surface area contributed by atoms with E-state index in [9.17, 15) is 5.11 Å². The molecule has 0 radical (unpaired) electrons. The molecule has 18 heavy (non-hydrogen) atoms. The second-order valence-corrected chi connectivity index (χ2v) is 6.25. The van der Waals surface area contributed by atoms with Gasteiger partial charge in [-0.25, -0.2) is 0 Å². The molecule has 0 aromatic carbocycles. The van der Waals surface area contributed by atoms with Crippen molar-refractivity contribution in [3.8, 4) is 0 Å². The van der Waals surface area contributed by atoms with Crippen molar-refractivity contribution in [3.63, 3.8) is 0 Å². The molecule has 3 N–H and O–H groups in total. The first-order valence-electron chi connectivity index (χ1n) is 7.41. The minimum atomic E-state index is -0.364. The molecule has 2 fully saturated rings. The summed E-state index contributed by atoms with van der Waals surface area (Å²) in [6.45, 7) is 6.75. The van der Waals surface area contributed by atoms with Gasteiger partial charge in [-0.3, -0.25) is 0 Å². The van der Waals surface area contributed by atoms with Crippen LogP contribution in [0.25, 0.3) is 0 Å². The summed E-state index contributed by atoms with van der Waals surface area (Å²) < 4.78 is 0. The molecule has 0 aromatic heterocycles. The number of likely N-dealkylation sites (N-methyl/N-ethyl adjacent to an activating group) is 1. The molecule has 0 spiro atoms. The molecule has 2 aliphatic rings. The van der Waals surface area contributed by atoms with Crippen molar-refractivity contribution >= 4 is 0 Å². The molecule has 1 unspecified atom stereocenters. The van der Waals surface area contributed by atoms with Gasteiger partial charge in [-0.15, -0.1) is 0 Å². The average molecular weight is 255 g/mol. The van der Waals surface area contributed by atoms with Crippen LogP contribution in [0.15, 0.2) is 0 Å². The summed E-state index contributed by atoms with van der Waals surface area (Å²) in [7, 11) is 2.17. The molecule has 1 aliphatic heterocycles. The Balaban J connectivity index is 1.82. The fourth-order valence-corrected chi connectivity index (χ4v) is 3.24. The zero-order chi connectivity index (χ0) is 13.2. The minimum absolute atomic E-state index is 0.121. The van der Waals surface area contributed by atoms with Crippen LogP contribution in [0.2, 0.25) is 0 Å². The van der Waals surface area contributed by atoms with Crippen molar-refractivity contribution in [3.05, 3.63) is 0 Å². The molecule has 1 saturated carbocycles. The summed E-state index contributed by atoms with van der Waals surface area (Å²) in [6.07, 6.45) is 4.85. The largest absolute Gasteiger partial charge is 0.394 e. The van der Waals surface area contributed by atoms with Crippen molar-refractivity contribution in [2.75, 3.05) is 39.8 Å². The molecule has 0 amide bonds. The number of likely N-dealkylation sites (tertiary alicyclic amines) is 1. The van der Waals surface area contributed by atoms with Crippen LogP contribution in [0.5, 0.6) is 0 Å². The van der Waals surface area contributed by atoms with Gasteiger partial charge in [0.25, 0.3) is 0 Å². The van der Waals surface area contributed by atoms with Gasteiger partial charge in [0.1, 0.15) is 0 Å². The fraction of sp³-hybridized carbons (Fsp3) is 1.00. The highest BCUT2D eigenvalue weighted by atomic mass is 16.3. The van der Waals surface area contributed by atoms with E-state index in [1.54, 1.807) is 0 Å². The first-order valence-corrected chi connectivity index (χ1v) is 7.41. The number of hydrogen-bond acceptors (Lipinski definition) is 4. The van der Waals surface area contributed by atoms with Crippen LogP contribution in [0.1, 0.15) is 32.6 Å². The van der Waals surface area contributed by atoms with Gasteiger partial charge in [0.15, 0.2) is 0 Å². The van der Waals surface area contributed by atoms with Gasteiger partial charge < -0.3 is 20.6 Å². The molecule has 1 heterocycles. The smallest absolute Gasteiger partial charge is 0.0626 e. The quantitative estimate of drug-likeness (QED) is 0.726. The van der Waals surface area contributed by atoms with Gasteiger partial charge in [-0.2, -0.15) is 0 Å². The van der Waals surface area contributed by atoms with E-state index in [2.05, 4.69) is 23.8 Å². The van der Waals surface area contributed by atoms with Crippen molar-refractivity contribution in [1.29, 1.82) is 0 Å². The van der Waals surface area contributed by atoms with Crippen LogP contribution in [-0.4, -0.2) is 66.3 Å². The molecule has 0 aromatic rings. The molecule has 2 rings (SSSR count). The number of nitrogens with zero attached hydrogens (tertiary/aromatic N) is 2. The van der Waals surface area contributed by atoms with Crippen molar-refractivity contribution < 1.29 is 5.11 Å². The molecule has 106 valence electrons. The maximum atomic E-state index is 9.56. The molecule has 1 saturated heterocycles. The van der Waals surface area contributed by atoms with Gasteiger partial charge in [0, 0.05) is 12.6 Å². The van der Waals surface area contributed by atoms with Crippen LogP contribution in [0.4, 0.5) is 0 Å². The molecular formula is C14H29N3O. The Morgan fingerprint density at radius 3 is 2.33 bits per heavy atom. The number of hydrogen-bond donors (Lipinski definition) is 2. The number of aliphatic hydroxyl groups is 1. The van der Waals surface area contributed by atoms with Crippen LogP contribution >= 0.6 is 0 Å². The number of rotatable bonds is 6. The lowest BCUT2D eigenvalue weighted by Gasteiger charge is -2.40. The lowest BCUT2D eigenvalue weighted by molar-refractivity contribution is 0.0810. The van der Waals surface area contributed by atoms with E-state index in [1.165, 1.54) is 38.8 Å². The highest BCUT2D eigenvalue weighted by Gasteiger charge is 2.43. The third kappa shape index (κ3) is 3.23. The second kappa shape index (κ2) is 5.87. The zero-order valence-electron chi connectivity index (χ0n) is 11.9. The Bertz CT molecular complexity index is 262. The van der Waals surface area contributed by atoms with Gasteiger partial charge in [0.05, 0.1) is 12.1 Å². The average Bonchev–Trinajstić information content (AvgIpc) is 3.23. The monoisotopic (exact) mass is 255 g/mol. The number of aliphatic hydroxyl groups excluding tert-OH is 1. The summed E-state index contributed by atoms with van der Waals surface area (Å²) in [4.78, 5) is 4.90. The molecular weight excluding hydrogens is 226 g/mol. The topological polar surface area (TPSA) is 52.7 Å². The summed E-state index contributed by atoms with van der Waals surface area (Å²) in [6, 6.07) is 0.640. The lowest BCUT2D eigenvalue weighted by Crippen LogP contribution is -2.57. The standard InChI is InChI=1S/C14H29N3O/c1-3-17-8-6-13(7-9-17)16(2)10-14(15,11-18)12-4-5-12/h12-13,18H,3-11,15H2,1-2H3. The van der Waals surface area contributed by atoms with E-state index < -0.39 is 0 Å². The SMILES string of the molecule is CCN1CCC(N(C)CC(N)(CO)C2CC2)CC1. The van der Waals surface area contributed by atoms with E-state index in [0.29, 0.717) is 12.0 Å². The zero-order valence-corrected chi connectivity index (χ0v) is 11.9. The summed E-state index contributed by atoms with van der Waals surface area (Å²) in [5.74, 6) is 0.542. The maximum absolute atomic E-state index is 9.56. The van der Waals surface area contributed by atoms with Gasteiger partial charge in [-0.1, -0.05) is 6.92 Å². The molecule has 4 heteroatoms. The summed E-state index contributed by atoms with van der Waals surface area (Å²) in [5.41, 5.74) is 6.00. The van der Waals surface area contributed by atoms with Gasteiger partial charge in [0.2, 0.25) is 0 Å². The van der Waals surface area contributed by atoms with E-state index >= 15 is 0 Å². The van der Waals surface area contributed by atoms with Gasteiger partial charge >= 0.3 is 0 Å². The molecule has 4 nitrogen and oxygen atoms in total. The maximum Gasteiger partial charge on any atom is 0.0626 e. The number of piperidine rings is 1. The van der Waals surface area contributed by atoms with E-state index in [-0.39, 0.29) is 12.1 Å². The Hall–Kier alpha value is -0.160. The van der Waals surface area contributed by atoms with Crippen molar-refractivity contribution in [1.82, 2.24) is 9.80 Å². The molecule has 1 atom stereocenters. The third-order valence-electron chi connectivity index (χ3n) is 4.86. The van der Waals surface area contributed by atoms with Crippen molar-refractivity contribution in [2.45, 2.75) is 44.2 Å². The number of nitrogens with two attached hydrogens (primary N) is 1. The van der Waals surface area contributed by atoms with E-state index in [1.807, 2.05) is 0 Å². The van der Waals surface area contributed by atoms with Crippen molar-refractivity contribution in [2.24, 2.45) is 11.7 Å². The molecule has 0 bridgehead atoms. The summed E-state index contributed by atoms with van der Waals surface area (Å²) >= 11 is 0. The highest BCUT2D eigenvalue weighted by Crippen LogP contribution is 2.38. The normalized spacial score (nSPS) is 26.5. The predicted molar refractivity (Wildman–Crippen MR) is 74.5 cm³/mol. The van der Waals surface area contributed by atoms with Gasteiger partial charge in [-0.05, 0) is 58.3 Å².